The van der Waals surface area contributed by atoms with E-state index in [4.69, 9.17) is 10.8 Å². The maximum atomic E-state index is 9.09. The van der Waals surface area contributed by atoms with E-state index < -0.39 is 0 Å². The fourth-order valence-electron chi connectivity index (χ4n) is 1.56. The fourth-order valence-corrected chi connectivity index (χ4v) is 1.56. The highest BCUT2D eigenvalue weighted by Crippen LogP contribution is 2.10. The van der Waals surface area contributed by atoms with E-state index in [0.717, 1.165) is 18.5 Å². The van der Waals surface area contributed by atoms with Crippen LogP contribution < -0.4 is 5.32 Å². The number of aromatic nitrogens is 2. The summed E-state index contributed by atoms with van der Waals surface area (Å²) in [6.07, 6.45) is 5.32. The Morgan fingerprint density at radius 1 is 1.72 bits per heavy atom. The number of nitrogens with zero attached hydrogens (tertiary/aromatic N) is 6. The number of hydrogen-bond acceptors (Lipinski definition) is 4. The van der Waals surface area contributed by atoms with Crippen LogP contribution in [0.15, 0.2) is 17.5 Å². The Labute approximate surface area is 106 Å². The van der Waals surface area contributed by atoms with Gasteiger partial charge in [0.05, 0.1) is 12.3 Å². The van der Waals surface area contributed by atoms with Gasteiger partial charge in [0.1, 0.15) is 6.04 Å². The van der Waals surface area contributed by atoms with Crippen molar-refractivity contribution in [2.75, 3.05) is 13.1 Å². The molecular formula is C11H17N7. The Kier molecular flexibility index (Phi) is 6.33. The lowest BCUT2D eigenvalue weighted by molar-refractivity contribution is 0.593. The van der Waals surface area contributed by atoms with E-state index in [1.165, 1.54) is 0 Å². The second kappa shape index (κ2) is 8.12. The van der Waals surface area contributed by atoms with Gasteiger partial charge in [0, 0.05) is 29.8 Å². The van der Waals surface area contributed by atoms with Crippen molar-refractivity contribution in [3.8, 4) is 6.07 Å². The van der Waals surface area contributed by atoms with Crippen molar-refractivity contribution in [3.05, 3.63) is 28.4 Å². The topological polar surface area (TPSA) is 102 Å². The number of rotatable bonds is 8. The molecule has 0 saturated heterocycles. The molecule has 0 aliphatic carbocycles. The second-order valence-electron chi connectivity index (χ2n) is 3.86. The fraction of sp³-hybridized carbons (Fsp3) is 0.636. The summed E-state index contributed by atoms with van der Waals surface area (Å²) >= 11 is 0. The lowest BCUT2D eigenvalue weighted by atomic mass is 10.2. The molecule has 96 valence electrons. The summed E-state index contributed by atoms with van der Waals surface area (Å²) in [5, 5.41) is 19.8. The van der Waals surface area contributed by atoms with Gasteiger partial charge in [0.25, 0.3) is 0 Å². The van der Waals surface area contributed by atoms with Gasteiger partial charge in [-0.25, -0.2) is 0 Å². The summed E-state index contributed by atoms with van der Waals surface area (Å²) in [5.41, 5.74) is 9.00. The van der Waals surface area contributed by atoms with Crippen molar-refractivity contribution in [2.45, 2.75) is 32.4 Å². The molecule has 0 aliphatic heterocycles. The minimum absolute atomic E-state index is 0.360. The van der Waals surface area contributed by atoms with E-state index in [1.54, 1.807) is 6.20 Å². The van der Waals surface area contributed by atoms with Crippen LogP contribution in [0.3, 0.4) is 0 Å². The molecule has 1 aromatic rings. The van der Waals surface area contributed by atoms with Crippen molar-refractivity contribution in [2.24, 2.45) is 5.11 Å². The molecule has 1 heterocycles. The minimum atomic E-state index is -0.360. The molecule has 0 spiro atoms. The van der Waals surface area contributed by atoms with Crippen molar-refractivity contribution >= 4 is 0 Å². The zero-order valence-corrected chi connectivity index (χ0v) is 10.5. The minimum Gasteiger partial charge on any atom is -0.298 e. The molecule has 1 unspecified atom stereocenters. The molecule has 0 amide bonds. The molecule has 0 saturated carbocycles. The Balaban J connectivity index is 2.44. The van der Waals surface area contributed by atoms with Gasteiger partial charge in [-0.2, -0.15) is 10.4 Å². The zero-order chi connectivity index (χ0) is 13.2. The molecule has 0 bridgehead atoms. The van der Waals surface area contributed by atoms with Crippen LogP contribution in [0.4, 0.5) is 0 Å². The Hall–Kier alpha value is -2.03. The maximum absolute atomic E-state index is 9.09. The molecule has 7 nitrogen and oxygen atoms in total. The smallest absolute Gasteiger partial charge is 0.124 e. The zero-order valence-electron chi connectivity index (χ0n) is 10.5. The monoisotopic (exact) mass is 247 g/mol. The van der Waals surface area contributed by atoms with E-state index in [0.29, 0.717) is 19.5 Å². The molecule has 0 radical (unpaired) electrons. The van der Waals surface area contributed by atoms with Crippen molar-refractivity contribution < 1.29 is 0 Å². The normalized spacial score (nSPS) is 11.6. The third-order valence-electron chi connectivity index (χ3n) is 2.41. The number of nitriles is 1. The number of hydrogen-bond donors (Lipinski definition) is 1. The van der Waals surface area contributed by atoms with Gasteiger partial charge in [-0.05, 0) is 24.9 Å². The van der Waals surface area contributed by atoms with E-state index in [2.05, 4.69) is 33.4 Å². The Morgan fingerprint density at radius 3 is 3.22 bits per heavy atom. The summed E-state index contributed by atoms with van der Waals surface area (Å²) in [6, 6.07) is 1.84. The molecule has 1 atom stereocenters. The molecule has 7 heteroatoms. The molecule has 0 fully saturated rings. The third-order valence-corrected chi connectivity index (χ3v) is 2.41. The Morgan fingerprint density at radius 2 is 2.56 bits per heavy atom. The first-order chi connectivity index (χ1) is 8.81. The average molecular weight is 247 g/mol. The van der Waals surface area contributed by atoms with Crippen LogP contribution in [0.2, 0.25) is 0 Å². The summed E-state index contributed by atoms with van der Waals surface area (Å²) in [6.45, 7) is 4.01. The highest BCUT2D eigenvalue weighted by Gasteiger charge is 2.11. The molecule has 0 aliphatic rings. The highest BCUT2D eigenvalue weighted by molar-refractivity contribution is 5.17. The predicted molar refractivity (Wildman–Crippen MR) is 67.5 cm³/mol. The summed E-state index contributed by atoms with van der Waals surface area (Å²) < 4.78 is 1.83. The first-order valence-corrected chi connectivity index (χ1v) is 5.98. The molecule has 1 aromatic heterocycles. The average Bonchev–Trinajstić information content (AvgIpc) is 2.83. The summed E-state index contributed by atoms with van der Waals surface area (Å²) in [5.74, 6) is 0. The van der Waals surface area contributed by atoms with E-state index >= 15 is 0 Å². The van der Waals surface area contributed by atoms with Crippen LogP contribution in [0.25, 0.3) is 10.4 Å². The first kappa shape index (κ1) is 14.0. The van der Waals surface area contributed by atoms with Gasteiger partial charge in [0.15, 0.2) is 0 Å². The first-order valence-electron chi connectivity index (χ1n) is 5.98. The van der Waals surface area contributed by atoms with Crippen LogP contribution in [-0.4, -0.2) is 22.9 Å². The lowest BCUT2D eigenvalue weighted by Gasteiger charge is -2.08. The second-order valence-corrected chi connectivity index (χ2v) is 3.86. The van der Waals surface area contributed by atoms with Gasteiger partial charge in [-0.3, -0.25) is 10.00 Å². The predicted octanol–water partition coefficient (Wildman–Crippen LogP) is 2.15. The standard InChI is InChI=1S/C11H17N7/c1-2-6-18-9-10(8-16-18)11(7-12)14-4-3-5-15-17-13/h8-9,11,14H,2-6H2,1H3. The van der Waals surface area contributed by atoms with Gasteiger partial charge in [-0.1, -0.05) is 12.0 Å². The van der Waals surface area contributed by atoms with Crippen LogP contribution >= 0.6 is 0 Å². The van der Waals surface area contributed by atoms with Gasteiger partial charge in [-0.15, -0.1) is 0 Å². The van der Waals surface area contributed by atoms with Crippen molar-refractivity contribution in [3.63, 3.8) is 0 Å². The summed E-state index contributed by atoms with van der Waals surface area (Å²) in [4.78, 5) is 2.67. The SMILES string of the molecule is CCCn1cc(C(C#N)NCCCN=[N+]=[N-])cn1. The number of azide groups is 1. The largest absolute Gasteiger partial charge is 0.298 e. The van der Waals surface area contributed by atoms with Crippen molar-refractivity contribution in [1.29, 1.82) is 5.26 Å². The van der Waals surface area contributed by atoms with Crippen LogP contribution in [0, 0.1) is 11.3 Å². The van der Waals surface area contributed by atoms with Crippen LogP contribution in [0.1, 0.15) is 31.4 Å². The van der Waals surface area contributed by atoms with Gasteiger partial charge < -0.3 is 0 Å². The number of nitrogens with one attached hydrogen (secondary N) is 1. The quantitative estimate of drug-likeness (QED) is 0.329. The summed E-state index contributed by atoms with van der Waals surface area (Å²) in [7, 11) is 0. The van der Waals surface area contributed by atoms with E-state index in [1.807, 2.05) is 10.9 Å². The maximum Gasteiger partial charge on any atom is 0.124 e. The lowest BCUT2D eigenvalue weighted by Crippen LogP contribution is -2.21. The van der Waals surface area contributed by atoms with E-state index in [-0.39, 0.29) is 6.04 Å². The molecule has 1 N–H and O–H groups in total. The molecule has 0 aromatic carbocycles. The third kappa shape index (κ3) is 4.45. The molecule has 18 heavy (non-hydrogen) atoms. The Bertz CT molecular complexity index is 438. The van der Waals surface area contributed by atoms with E-state index in [9.17, 15) is 0 Å². The highest BCUT2D eigenvalue weighted by atomic mass is 15.3. The molecular weight excluding hydrogens is 230 g/mol. The van der Waals surface area contributed by atoms with Gasteiger partial charge >= 0.3 is 0 Å². The van der Waals surface area contributed by atoms with Gasteiger partial charge in [0.2, 0.25) is 0 Å². The van der Waals surface area contributed by atoms with Crippen LogP contribution in [-0.2, 0) is 6.54 Å². The molecule has 1 rings (SSSR count). The van der Waals surface area contributed by atoms with Crippen molar-refractivity contribution in [1.82, 2.24) is 15.1 Å². The number of aryl methyl sites for hydroxylation is 1. The van der Waals surface area contributed by atoms with Crippen LogP contribution in [0.5, 0.6) is 0 Å².